The molecule has 0 saturated carbocycles. The Balaban J connectivity index is 2.44. The highest BCUT2D eigenvalue weighted by Gasteiger charge is 2.07. The first-order valence-electron chi connectivity index (χ1n) is 5.35. The van der Waals surface area contributed by atoms with Crippen LogP contribution in [0.15, 0.2) is 41.3 Å². The van der Waals surface area contributed by atoms with Gasteiger partial charge in [-0.05, 0) is 24.6 Å². The predicted octanol–water partition coefficient (Wildman–Crippen LogP) is 2.39. The van der Waals surface area contributed by atoms with Crippen LogP contribution in [-0.2, 0) is 16.1 Å². The van der Waals surface area contributed by atoms with Crippen LogP contribution in [0.3, 0.4) is 0 Å². The zero-order chi connectivity index (χ0) is 12.7. The first-order valence-corrected chi connectivity index (χ1v) is 6.33. The average molecular weight is 252 g/mol. The van der Waals surface area contributed by atoms with Gasteiger partial charge in [0, 0.05) is 16.2 Å². The molecular weight excluding hydrogens is 236 g/mol. The summed E-state index contributed by atoms with van der Waals surface area (Å²) in [5, 5.41) is 8.90. The van der Waals surface area contributed by atoms with Gasteiger partial charge in [0.15, 0.2) is 0 Å². The van der Waals surface area contributed by atoms with E-state index in [-0.39, 0.29) is 12.6 Å². The van der Waals surface area contributed by atoms with Gasteiger partial charge in [-0.3, -0.25) is 0 Å². The SMILES string of the molecule is C=C(CSc1ccc(CO)cc1)C(=O)OCC. The average Bonchev–Trinajstić information content (AvgIpc) is 2.36. The van der Waals surface area contributed by atoms with Gasteiger partial charge in [0.05, 0.1) is 13.2 Å². The van der Waals surface area contributed by atoms with E-state index in [4.69, 9.17) is 9.84 Å². The van der Waals surface area contributed by atoms with Gasteiger partial charge in [-0.25, -0.2) is 4.79 Å². The summed E-state index contributed by atoms with van der Waals surface area (Å²) in [4.78, 5) is 12.3. The number of rotatable bonds is 6. The van der Waals surface area contributed by atoms with Gasteiger partial charge in [-0.15, -0.1) is 11.8 Å². The predicted molar refractivity (Wildman–Crippen MR) is 68.9 cm³/mol. The molecule has 0 radical (unpaired) electrons. The van der Waals surface area contributed by atoms with E-state index in [0.29, 0.717) is 17.9 Å². The number of carbonyl (C=O) groups excluding carboxylic acids is 1. The fourth-order valence-corrected chi connectivity index (χ4v) is 1.94. The number of benzene rings is 1. The quantitative estimate of drug-likeness (QED) is 0.480. The number of esters is 1. The van der Waals surface area contributed by atoms with Gasteiger partial charge < -0.3 is 9.84 Å². The summed E-state index contributed by atoms with van der Waals surface area (Å²) in [7, 11) is 0. The number of aliphatic hydroxyl groups is 1. The molecule has 92 valence electrons. The molecule has 0 fully saturated rings. The van der Waals surface area contributed by atoms with E-state index >= 15 is 0 Å². The highest BCUT2D eigenvalue weighted by molar-refractivity contribution is 7.99. The van der Waals surface area contributed by atoms with E-state index < -0.39 is 0 Å². The molecule has 3 nitrogen and oxygen atoms in total. The lowest BCUT2D eigenvalue weighted by atomic mass is 10.2. The monoisotopic (exact) mass is 252 g/mol. The summed E-state index contributed by atoms with van der Waals surface area (Å²) in [6, 6.07) is 7.54. The second-order valence-electron chi connectivity index (χ2n) is 3.41. The minimum absolute atomic E-state index is 0.0421. The highest BCUT2D eigenvalue weighted by Crippen LogP contribution is 2.20. The van der Waals surface area contributed by atoms with Gasteiger partial charge >= 0.3 is 5.97 Å². The Morgan fingerprint density at radius 1 is 1.41 bits per heavy atom. The third-order valence-corrected chi connectivity index (χ3v) is 3.18. The maximum atomic E-state index is 11.3. The minimum Gasteiger partial charge on any atom is -0.463 e. The van der Waals surface area contributed by atoms with E-state index in [1.165, 1.54) is 11.8 Å². The molecule has 1 rings (SSSR count). The third kappa shape index (κ3) is 4.63. The first-order chi connectivity index (χ1) is 8.17. The van der Waals surface area contributed by atoms with Crippen molar-refractivity contribution in [3.8, 4) is 0 Å². The van der Waals surface area contributed by atoms with Crippen LogP contribution in [0.25, 0.3) is 0 Å². The van der Waals surface area contributed by atoms with Gasteiger partial charge in [-0.2, -0.15) is 0 Å². The van der Waals surface area contributed by atoms with Gasteiger partial charge in [-0.1, -0.05) is 18.7 Å². The fourth-order valence-electron chi connectivity index (χ4n) is 1.15. The van der Waals surface area contributed by atoms with E-state index in [1.54, 1.807) is 6.92 Å². The molecule has 0 bridgehead atoms. The molecule has 0 amide bonds. The number of hydrogen-bond donors (Lipinski definition) is 1. The molecule has 0 aromatic heterocycles. The van der Waals surface area contributed by atoms with Crippen LogP contribution in [0.5, 0.6) is 0 Å². The standard InChI is InChI=1S/C13H16O3S/c1-3-16-13(15)10(2)9-17-12-6-4-11(8-14)5-7-12/h4-7,14H,2-3,8-9H2,1H3. The number of hydrogen-bond acceptors (Lipinski definition) is 4. The molecule has 0 aliphatic rings. The molecule has 1 aromatic rings. The summed E-state index contributed by atoms with van der Waals surface area (Å²) in [5.41, 5.74) is 1.33. The van der Waals surface area contributed by atoms with Crippen molar-refractivity contribution in [1.82, 2.24) is 0 Å². The molecule has 17 heavy (non-hydrogen) atoms. The molecular formula is C13H16O3S. The van der Waals surface area contributed by atoms with E-state index in [9.17, 15) is 4.79 Å². The molecule has 0 aliphatic heterocycles. The first kappa shape index (κ1) is 13.8. The largest absolute Gasteiger partial charge is 0.463 e. The Morgan fingerprint density at radius 2 is 2.06 bits per heavy atom. The number of thioether (sulfide) groups is 1. The van der Waals surface area contributed by atoms with Crippen LogP contribution < -0.4 is 0 Å². The molecule has 0 atom stereocenters. The Labute approximate surface area is 105 Å². The topological polar surface area (TPSA) is 46.5 Å². The van der Waals surface area contributed by atoms with Crippen molar-refractivity contribution in [3.05, 3.63) is 42.0 Å². The Bertz CT molecular complexity index is 384. The van der Waals surface area contributed by atoms with E-state index in [2.05, 4.69) is 6.58 Å². The van der Waals surface area contributed by atoms with Crippen molar-refractivity contribution < 1.29 is 14.6 Å². The van der Waals surface area contributed by atoms with Crippen LogP contribution in [0.2, 0.25) is 0 Å². The van der Waals surface area contributed by atoms with Crippen LogP contribution in [0.1, 0.15) is 12.5 Å². The van der Waals surface area contributed by atoms with Crippen LogP contribution >= 0.6 is 11.8 Å². The molecule has 0 unspecified atom stereocenters. The molecule has 4 heteroatoms. The van der Waals surface area contributed by atoms with Crippen LogP contribution in [0.4, 0.5) is 0 Å². The normalized spacial score (nSPS) is 10.0. The van der Waals surface area contributed by atoms with Crippen LogP contribution in [0, 0.1) is 0 Å². The summed E-state index contributed by atoms with van der Waals surface area (Å²) < 4.78 is 4.84. The lowest BCUT2D eigenvalue weighted by molar-refractivity contribution is -0.138. The number of ether oxygens (including phenoxy) is 1. The summed E-state index contributed by atoms with van der Waals surface area (Å²) in [5.74, 6) is 0.170. The smallest absolute Gasteiger partial charge is 0.334 e. The molecule has 0 aliphatic carbocycles. The lowest BCUT2D eigenvalue weighted by Gasteiger charge is -2.05. The van der Waals surface area contributed by atoms with Crippen molar-refractivity contribution in [2.75, 3.05) is 12.4 Å². The Hall–Kier alpha value is -1.26. The van der Waals surface area contributed by atoms with Gasteiger partial charge in [0.25, 0.3) is 0 Å². The fraction of sp³-hybridized carbons (Fsp3) is 0.308. The Kier molecular flexibility index (Phi) is 5.80. The van der Waals surface area contributed by atoms with E-state index in [0.717, 1.165) is 10.5 Å². The highest BCUT2D eigenvalue weighted by atomic mass is 32.2. The minimum atomic E-state index is -0.341. The maximum Gasteiger partial charge on any atom is 0.334 e. The van der Waals surface area contributed by atoms with Crippen molar-refractivity contribution in [1.29, 1.82) is 0 Å². The zero-order valence-corrected chi connectivity index (χ0v) is 10.6. The molecule has 1 aromatic carbocycles. The molecule has 0 heterocycles. The zero-order valence-electron chi connectivity index (χ0n) is 9.81. The molecule has 0 saturated heterocycles. The van der Waals surface area contributed by atoms with E-state index in [1.807, 2.05) is 24.3 Å². The summed E-state index contributed by atoms with van der Waals surface area (Å²) in [6.07, 6.45) is 0. The van der Waals surface area contributed by atoms with Gasteiger partial charge in [0.2, 0.25) is 0 Å². The van der Waals surface area contributed by atoms with Crippen LogP contribution in [-0.4, -0.2) is 23.4 Å². The second-order valence-corrected chi connectivity index (χ2v) is 4.46. The lowest BCUT2D eigenvalue weighted by Crippen LogP contribution is -2.08. The summed E-state index contributed by atoms with van der Waals surface area (Å²) >= 11 is 1.52. The van der Waals surface area contributed by atoms with Crippen molar-refractivity contribution >= 4 is 17.7 Å². The second kappa shape index (κ2) is 7.14. The maximum absolute atomic E-state index is 11.3. The van der Waals surface area contributed by atoms with Crippen molar-refractivity contribution in [2.45, 2.75) is 18.4 Å². The summed E-state index contributed by atoms with van der Waals surface area (Å²) in [6.45, 7) is 5.87. The molecule has 0 spiro atoms. The van der Waals surface area contributed by atoms with Crippen molar-refractivity contribution in [3.63, 3.8) is 0 Å². The number of aliphatic hydroxyl groups excluding tert-OH is 1. The molecule has 1 N–H and O–H groups in total. The Morgan fingerprint density at radius 3 is 2.59 bits per heavy atom. The third-order valence-electron chi connectivity index (χ3n) is 2.08. The number of carbonyl (C=O) groups is 1. The van der Waals surface area contributed by atoms with Crippen molar-refractivity contribution in [2.24, 2.45) is 0 Å². The van der Waals surface area contributed by atoms with Gasteiger partial charge in [0.1, 0.15) is 0 Å².